The highest BCUT2D eigenvalue weighted by atomic mass is 19.2. The molecule has 0 aromatic heterocycles. The summed E-state index contributed by atoms with van der Waals surface area (Å²) in [5.74, 6) is -2.20. The van der Waals surface area contributed by atoms with Gasteiger partial charge in [0.25, 0.3) is 5.91 Å². The molecule has 0 aliphatic heterocycles. The lowest BCUT2D eigenvalue weighted by Gasteiger charge is -2.19. The minimum Gasteiger partial charge on any atom is -0.379 e. The monoisotopic (exact) mass is 257 g/mol. The zero-order valence-electron chi connectivity index (χ0n) is 10.7. The Morgan fingerprint density at radius 1 is 1.33 bits per heavy atom. The summed E-state index contributed by atoms with van der Waals surface area (Å²) in [7, 11) is 1.56. The zero-order valence-corrected chi connectivity index (χ0v) is 10.7. The molecule has 0 heterocycles. The van der Waals surface area contributed by atoms with Crippen LogP contribution in [-0.2, 0) is 4.74 Å². The van der Waals surface area contributed by atoms with Crippen LogP contribution in [0.3, 0.4) is 0 Å². The molecule has 1 N–H and O–H groups in total. The number of ether oxygens (including phenoxy) is 1. The first-order valence-corrected chi connectivity index (χ1v) is 5.71. The van der Waals surface area contributed by atoms with E-state index in [0.717, 1.165) is 12.1 Å². The number of carbonyl (C=O) groups excluding carboxylic acids is 1. The molecular formula is C13H17F2NO2. The molecule has 0 spiro atoms. The van der Waals surface area contributed by atoms with Crippen LogP contribution in [0.5, 0.6) is 0 Å². The van der Waals surface area contributed by atoms with Gasteiger partial charge in [0, 0.05) is 19.2 Å². The molecule has 0 unspecified atom stereocenters. The van der Waals surface area contributed by atoms with E-state index in [1.807, 2.05) is 13.8 Å². The number of nitrogens with one attached hydrogen (secondary N) is 1. The lowest BCUT2D eigenvalue weighted by molar-refractivity contribution is 0.0605. The molecule has 3 nitrogen and oxygen atoms in total. The van der Waals surface area contributed by atoms with Crippen molar-refractivity contribution in [2.75, 3.05) is 13.7 Å². The molecule has 18 heavy (non-hydrogen) atoms. The van der Waals surface area contributed by atoms with Crippen molar-refractivity contribution in [1.29, 1.82) is 0 Å². The topological polar surface area (TPSA) is 38.3 Å². The minimum atomic E-state index is -1.03. The van der Waals surface area contributed by atoms with E-state index in [0.29, 0.717) is 6.54 Å². The molecule has 0 aliphatic rings. The molecule has 1 amide bonds. The van der Waals surface area contributed by atoms with Gasteiger partial charge in [0.1, 0.15) is 0 Å². The molecule has 0 aliphatic carbocycles. The normalized spacial score (nSPS) is 12.6. The summed E-state index contributed by atoms with van der Waals surface area (Å²) in [5.41, 5.74) is 0.0903. The Morgan fingerprint density at radius 3 is 2.50 bits per heavy atom. The molecule has 0 saturated heterocycles. The van der Waals surface area contributed by atoms with Crippen LogP contribution >= 0.6 is 0 Å². The predicted molar refractivity (Wildman–Crippen MR) is 64.3 cm³/mol. The van der Waals surface area contributed by atoms with E-state index >= 15 is 0 Å². The average Bonchev–Trinajstić information content (AvgIpc) is 2.32. The highest BCUT2D eigenvalue weighted by molar-refractivity contribution is 5.94. The van der Waals surface area contributed by atoms with Crippen LogP contribution in [0.4, 0.5) is 8.78 Å². The number of amides is 1. The third kappa shape index (κ3) is 3.77. The SMILES string of the molecule is CO[C@@H](CNC(=O)c1ccc(F)c(F)c1)C(C)C. The largest absolute Gasteiger partial charge is 0.379 e. The van der Waals surface area contributed by atoms with Crippen LogP contribution in [-0.4, -0.2) is 25.7 Å². The molecule has 0 saturated carbocycles. The molecule has 0 fully saturated rings. The van der Waals surface area contributed by atoms with Crippen molar-refractivity contribution >= 4 is 5.91 Å². The first-order chi connectivity index (χ1) is 8.45. The maximum absolute atomic E-state index is 13.0. The van der Waals surface area contributed by atoms with E-state index in [1.165, 1.54) is 6.07 Å². The molecule has 1 atom stereocenters. The Morgan fingerprint density at radius 2 is 2.00 bits per heavy atom. The van der Waals surface area contributed by atoms with E-state index in [9.17, 15) is 13.6 Å². The summed E-state index contributed by atoms with van der Waals surface area (Å²) < 4.78 is 30.9. The number of benzene rings is 1. The average molecular weight is 257 g/mol. The van der Waals surface area contributed by atoms with E-state index in [2.05, 4.69) is 5.32 Å². The fourth-order valence-corrected chi connectivity index (χ4v) is 1.52. The van der Waals surface area contributed by atoms with Crippen LogP contribution in [0, 0.1) is 17.6 Å². The highest BCUT2D eigenvalue weighted by Gasteiger charge is 2.15. The first-order valence-electron chi connectivity index (χ1n) is 5.71. The van der Waals surface area contributed by atoms with Crippen molar-refractivity contribution in [3.05, 3.63) is 35.4 Å². The summed E-state index contributed by atoms with van der Waals surface area (Å²) in [6.07, 6.45) is -0.112. The van der Waals surface area contributed by atoms with Gasteiger partial charge in [0.15, 0.2) is 11.6 Å². The molecule has 0 radical (unpaired) electrons. The number of hydrogen-bond donors (Lipinski definition) is 1. The molecule has 5 heteroatoms. The van der Waals surface area contributed by atoms with Gasteiger partial charge in [-0.2, -0.15) is 0 Å². The number of carbonyl (C=O) groups is 1. The molecule has 0 bridgehead atoms. The second kappa shape index (κ2) is 6.44. The van der Waals surface area contributed by atoms with Gasteiger partial charge >= 0.3 is 0 Å². The van der Waals surface area contributed by atoms with Crippen LogP contribution in [0.2, 0.25) is 0 Å². The Kier molecular flexibility index (Phi) is 5.22. The van der Waals surface area contributed by atoms with Crippen LogP contribution in [0.15, 0.2) is 18.2 Å². The number of rotatable bonds is 5. The van der Waals surface area contributed by atoms with Crippen LogP contribution in [0.25, 0.3) is 0 Å². The zero-order chi connectivity index (χ0) is 13.7. The smallest absolute Gasteiger partial charge is 0.251 e. The van der Waals surface area contributed by atoms with Gasteiger partial charge in [-0.05, 0) is 24.1 Å². The number of methoxy groups -OCH3 is 1. The second-order valence-electron chi connectivity index (χ2n) is 4.36. The van der Waals surface area contributed by atoms with Gasteiger partial charge < -0.3 is 10.1 Å². The summed E-state index contributed by atoms with van der Waals surface area (Å²) in [5, 5.41) is 2.62. The lowest BCUT2D eigenvalue weighted by atomic mass is 10.1. The van der Waals surface area contributed by atoms with Crippen molar-refractivity contribution in [3.8, 4) is 0 Å². The number of hydrogen-bond acceptors (Lipinski definition) is 2. The van der Waals surface area contributed by atoms with Gasteiger partial charge in [-0.1, -0.05) is 13.8 Å². The van der Waals surface area contributed by atoms with Gasteiger partial charge in [0.2, 0.25) is 0 Å². The maximum atomic E-state index is 13.0. The quantitative estimate of drug-likeness (QED) is 0.879. The first kappa shape index (κ1) is 14.6. The Hall–Kier alpha value is -1.49. The Labute approximate surface area is 105 Å². The third-order valence-corrected chi connectivity index (χ3v) is 2.69. The second-order valence-corrected chi connectivity index (χ2v) is 4.36. The summed E-state index contributed by atoms with van der Waals surface area (Å²) in [6, 6.07) is 3.05. The van der Waals surface area contributed by atoms with Crippen molar-refractivity contribution in [2.45, 2.75) is 20.0 Å². The van der Waals surface area contributed by atoms with Crippen molar-refractivity contribution in [2.24, 2.45) is 5.92 Å². The van der Waals surface area contributed by atoms with Crippen LogP contribution in [0.1, 0.15) is 24.2 Å². The van der Waals surface area contributed by atoms with E-state index in [-0.39, 0.29) is 17.6 Å². The van der Waals surface area contributed by atoms with E-state index in [4.69, 9.17) is 4.74 Å². The number of halogens is 2. The van der Waals surface area contributed by atoms with Crippen molar-refractivity contribution in [1.82, 2.24) is 5.32 Å². The summed E-state index contributed by atoms with van der Waals surface area (Å²) in [6.45, 7) is 4.27. The van der Waals surface area contributed by atoms with Gasteiger partial charge in [-0.15, -0.1) is 0 Å². The van der Waals surface area contributed by atoms with Crippen molar-refractivity contribution < 1.29 is 18.3 Å². The molecule has 1 aromatic rings. The molecular weight excluding hydrogens is 240 g/mol. The van der Waals surface area contributed by atoms with Crippen molar-refractivity contribution in [3.63, 3.8) is 0 Å². The Balaban J connectivity index is 2.62. The molecule has 1 aromatic carbocycles. The maximum Gasteiger partial charge on any atom is 0.251 e. The fourth-order valence-electron chi connectivity index (χ4n) is 1.52. The van der Waals surface area contributed by atoms with Gasteiger partial charge in [0.05, 0.1) is 6.10 Å². The van der Waals surface area contributed by atoms with Crippen LogP contribution < -0.4 is 5.32 Å². The summed E-state index contributed by atoms with van der Waals surface area (Å²) >= 11 is 0. The molecule has 100 valence electrons. The fraction of sp³-hybridized carbons (Fsp3) is 0.462. The van der Waals surface area contributed by atoms with E-state index in [1.54, 1.807) is 7.11 Å². The van der Waals surface area contributed by atoms with Gasteiger partial charge in [-0.25, -0.2) is 8.78 Å². The predicted octanol–water partition coefficient (Wildman–Crippen LogP) is 2.37. The highest BCUT2D eigenvalue weighted by Crippen LogP contribution is 2.09. The minimum absolute atomic E-state index is 0.0903. The van der Waals surface area contributed by atoms with Gasteiger partial charge in [-0.3, -0.25) is 4.79 Å². The molecule has 1 rings (SSSR count). The van der Waals surface area contributed by atoms with E-state index < -0.39 is 17.5 Å². The lowest BCUT2D eigenvalue weighted by Crippen LogP contribution is -2.36. The third-order valence-electron chi connectivity index (χ3n) is 2.69. The standard InChI is InChI=1S/C13H17F2NO2/c1-8(2)12(18-3)7-16-13(17)9-4-5-10(14)11(15)6-9/h4-6,8,12H,7H2,1-3H3,(H,16,17)/t12-/m0/s1. The summed E-state index contributed by atoms with van der Waals surface area (Å²) in [4.78, 5) is 11.7. The Bertz CT molecular complexity index is 421.